The standard InChI is InChI=1S/C10H18N/c1-8-6-9(10(2,3)4)11(5)7-8/h6H,7H2,1-5H3/q+1. The zero-order chi connectivity index (χ0) is 8.65. The van der Waals surface area contributed by atoms with Gasteiger partial charge in [-0.1, -0.05) is 20.8 Å². The van der Waals surface area contributed by atoms with Gasteiger partial charge in [-0.15, -0.1) is 0 Å². The van der Waals surface area contributed by atoms with Crippen LogP contribution in [0.5, 0.6) is 0 Å². The van der Waals surface area contributed by atoms with Gasteiger partial charge >= 0.3 is 0 Å². The van der Waals surface area contributed by atoms with Crippen molar-refractivity contribution in [2.24, 2.45) is 5.41 Å². The van der Waals surface area contributed by atoms with E-state index in [2.05, 4.69) is 45.4 Å². The lowest BCUT2D eigenvalue weighted by atomic mass is 9.89. The Hall–Kier alpha value is -0.590. The van der Waals surface area contributed by atoms with Crippen molar-refractivity contribution in [1.82, 2.24) is 0 Å². The monoisotopic (exact) mass is 152 g/mol. The lowest BCUT2D eigenvalue weighted by Crippen LogP contribution is -2.25. The van der Waals surface area contributed by atoms with Crippen molar-refractivity contribution in [3.05, 3.63) is 11.6 Å². The molecule has 0 atom stereocenters. The van der Waals surface area contributed by atoms with Gasteiger partial charge in [0, 0.05) is 11.5 Å². The van der Waals surface area contributed by atoms with Crippen LogP contribution in [0.2, 0.25) is 0 Å². The Morgan fingerprint density at radius 3 is 2.09 bits per heavy atom. The molecule has 62 valence electrons. The van der Waals surface area contributed by atoms with E-state index in [4.69, 9.17) is 0 Å². The van der Waals surface area contributed by atoms with Crippen LogP contribution in [0.1, 0.15) is 27.7 Å². The fourth-order valence-electron chi connectivity index (χ4n) is 1.64. The van der Waals surface area contributed by atoms with Crippen LogP contribution in [0.3, 0.4) is 0 Å². The zero-order valence-electron chi connectivity index (χ0n) is 8.23. The summed E-state index contributed by atoms with van der Waals surface area (Å²) < 4.78 is 2.33. The first kappa shape index (κ1) is 8.51. The quantitative estimate of drug-likeness (QED) is 0.467. The molecule has 0 aromatic carbocycles. The minimum absolute atomic E-state index is 0.298. The summed E-state index contributed by atoms with van der Waals surface area (Å²) in [5.41, 5.74) is 3.22. The van der Waals surface area contributed by atoms with Crippen molar-refractivity contribution >= 4 is 5.71 Å². The van der Waals surface area contributed by atoms with Gasteiger partial charge in [-0.2, -0.15) is 0 Å². The van der Waals surface area contributed by atoms with E-state index in [9.17, 15) is 0 Å². The van der Waals surface area contributed by atoms with E-state index in [1.165, 1.54) is 11.3 Å². The zero-order valence-corrected chi connectivity index (χ0v) is 8.23. The maximum absolute atomic E-state index is 2.33. The fourth-order valence-corrected chi connectivity index (χ4v) is 1.64. The van der Waals surface area contributed by atoms with Crippen molar-refractivity contribution < 1.29 is 4.58 Å². The molecule has 0 unspecified atom stereocenters. The van der Waals surface area contributed by atoms with Crippen molar-refractivity contribution in [2.75, 3.05) is 13.6 Å². The van der Waals surface area contributed by atoms with Gasteiger partial charge in [0.25, 0.3) is 0 Å². The summed E-state index contributed by atoms with van der Waals surface area (Å²) in [7, 11) is 2.16. The van der Waals surface area contributed by atoms with Crippen LogP contribution in [-0.2, 0) is 0 Å². The highest BCUT2D eigenvalue weighted by molar-refractivity contribution is 5.96. The van der Waals surface area contributed by atoms with Crippen LogP contribution in [0.25, 0.3) is 0 Å². The van der Waals surface area contributed by atoms with Gasteiger partial charge in [0.2, 0.25) is 0 Å². The summed E-state index contributed by atoms with van der Waals surface area (Å²) in [4.78, 5) is 0. The number of rotatable bonds is 0. The van der Waals surface area contributed by atoms with Crippen LogP contribution in [-0.4, -0.2) is 23.9 Å². The molecule has 1 heterocycles. The molecule has 0 N–H and O–H groups in total. The maximum atomic E-state index is 2.33. The minimum atomic E-state index is 0.298. The van der Waals surface area contributed by atoms with Crippen molar-refractivity contribution in [1.29, 1.82) is 0 Å². The SMILES string of the molecule is CC1=CC(C(C)(C)C)=[N+](C)C1. The largest absolute Gasteiger partial charge is 0.232 e. The topological polar surface area (TPSA) is 3.01 Å². The van der Waals surface area contributed by atoms with Crippen molar-refractivity contribution in [3.8, 4) is 0 Å². The number of likely N-dealkylation sites (N-methyl/N-ethyl adjacent to an activating group) is 1. The van der Waals surface area contributed by atoms with E-state index < -0.39 is 0 Å². The molecule has 0 radical (unpaired) electrons. The molecule has 0 aromatic heterocycles. The molecule has 0 aromatic rings. The molecule has 0 amide bonds. The smallest absolute Gasteiger partial charge is 0.181 e. The molecule has 11 heavy (non-hydrogen) atoms. The van der Waals surface area contributed by atoms with E-state index in [1.807, 2.05) is 0 Å². The molecule has 0 aliphatic carbocycles. The third-order valence-electron chi connectivity index (χ3n) is 2.05. The first-order valence-corrected chi connectivity index (χ1v) is 4.17. The average molecular weight is 152 g/mol. The number of allylic oxidation sites excluding steroid dienone is 1. The second-order valence-corrected chi connectivity index (χ2v) is 4.48. The van der Waals surface area contributed by atoms with Crippen LogP contribution < -0.4 is 0 Å². The van der Waals surface area contributed by atoms with Crippen LogP contribution in [0.4, 0.5) is 0 Å². The lowest BCUT2D eigenvalue weighted by molar-refractivity contribution is -0.487. The number of hydrogen-bond acceptors (Lipinski definition) is 0. The molecule has 0 saturated carbocycles. The molecule has 0 saturated heterocycles. The predicted octanol–water partition coefficient (Wildman–Crippen LogP) is 2.08. The molecule has 0 spiro atoms. The van der Waals surface area contributed by atoms with E-state index in [0.717, 1.165) is 6.54 Å². The normalized spacial score (nSPS) is 19.2. The molecule has 1 rings (SSSR count). The first-order chi connectivity index (χ1) is 4.91. The number of hydrogen-bond donors (Lipinski definition) is 0. The third-order valence-corrected chi connectivity index (χ3v) is 2.05. The van der Waals surface area contributed by atoms with Crippen LogP contribution in [0, 0.1) is 5.41 Å². The molecule has 1 aliphatic rings. The molecule has 1 aliphatic heterocycles. The summed E-state index contributed by atoms with van der Waals surface area (Å²) in [6.45, 7) is 10.1. The minimum Gasteiger partial charge on any atom is -0.232 e. The van der Waals surface area contributed by atoms with Gasteiger partial charge in [-0.3, -0.25) is 0 Å². The average Bonchev–Trinajstić information content (AvgIpc) is 2.08. The highest BCUT2D eigenvalue weighted by Crippen LogP contribution is 2.20. The van der Waals surface area contributed by atoms with E-state index >= 15 is 0 Å². The molecular weight excluding hydrogens is 134 g/mol. The van der Waals surface area contributed by atoms with E-state index in [0.29, 0.717) is 5.41 Å². The van der Waals surface area contributed by atoms with Gasteiger partial charge in [-0.25, -0.2) is 4.58 Å². The molecule has 0 bridgehead atoms. The summed E-state index contributed by atoms with van der Waals surface area (Å²) in [6.07, 6.45) is 2.31. The third kappa shape index (κ3) is 1.70. The fraction of sp³-hybridized carbons (Fsp3) is 0.700. The van der Waals surface area contributed by atoms with Crippen molar-refractivity contribution in [2.45, 2.75) is 27.7 Å². The Balaban J connectivity index is 2.95. The Kier molecular flexibility index (Phi) is 1.91. The molecule has 1 heteroatoms. The van der Waals surface area contributed by atoms with E-state index in [-0.39, 0.29) is 0 Å². The first-order valence-electron chi connectivity index (χ1n) is 4.17. The summed E-state index contributed by atoms with van der Waals surface area (Å²) in [6, 6.07) is 0. The van der Waals surface area contributed by atoms with Crippen molar-refractivity contribution in [3.63, 3.8) is 0 Å². The molecule has 0 fully saturated rings. The van der Waals surface area contributed by atoms with Gasteiger partial charge < -0.3 is 0 Å². The maximum Gasteiger partial charge on any atom is 0.181 e. The second kappa shape index (κ2) is 2.47. The Bertz CT molecular complexity index is 226. The van der Waals surface area contributed by atoms with Gasteiger partial charge in [0.15, 0.2) is 12.3 Å². The van der Waals surface area contributed by atoms with Gasteiger partial charge in [0.1, 0.15) is 7.05 Å². The molecule has 1 nitrogen and oxygen atoms in total. The second-order valence-electron chi connectivity index (χ2n) is 4.48. The lowest BCUT2D eigenvalue weighted by Gasteiger charge is -2.13. The summed E-state index contributed by atoms with van der Waals surface area (Å²) in [5, 5.41) is 0. The highest BCUT2D eigenvalue weighted by atomic mass is 15.0. The molecular formula is C10H18N+. The Labute approximate surface area is 69.4 Å². The predicted molar refractivity (Wildman–Crippen MR) is 49.3 cm³/mol. The Morgan fingerprint density at radius 2 is 1.91 bits per heavy atom. The highest BCUT2D eigenvalue weighted by Gasteiger charge is 2.28. The van der Waals surface area contributed by atoms with Crippen LogP contribution >= 0.6 is 0 Å². The number of nitrogens with zero attached hydrogens (tertiary/aromatic N) is 1. The summed E-state index contributed by atoms with van der Waals surface area (Å²) >= 11 is 0. The van der Waals surface area contributed by atoms with Gasteiger partial charge in [0.05, 0.1) is 0 Å². The van der Waals surface area contributed by atoms with Crippen LogP contribution in [0.15, 0.2) is 11.6 Å². The summed E-state index contributed by atoms with van der Waals surface area (Å²) in [5.74, 6) is 0. The Morgan fingerprint density at radius 1 is 1.36 bits per heavy atom. The van der Waals surface area contributed by atoms with Gasteiger partial charge in [-0.05, 0) is 12.5 Å². The van der Waals surface area contributed by atoms with E-state index in [1.54, 1.807) is 0 Å².